The van der Waals surface area contributed by atoms with Gasteiger partial charge in [0, 0.05) is 11.3 Å². The standard InChI is InChI=1S/C21H20N2O5/c1-13-7-4-5-9-17(13)23-20(24)16(12-22)11-15-8-6-10-18(27-3)19(15)28-14(2)21(25)26/h4-11,14H,1-3H3,(H,23,24)(H,25,26)/b16-11-/t14-/m1/s1. The van der Waals surface area contributed by atoms with Crippen molar-refractivity contribution in [3.05, 3.63) is 59.2 Å². The van der Waals surface area contributed by atoms with Crippen LogP contribution >= 0.6 is 0 Å². The van der Waals surface area contributed by atoms with E-state index in [1.807, 2.05) is 25.1 Å². The number of amides is 1. The van der Waals surface area contributed by atoms with Crippen molar-refractivity contribution >= 4 is 23.6 Å². The molecule has 2 aromatic carbocycles. The highest BCUT2D eigenvalue weighted by atomic mass is 16.5. The molecule has 0 bridgehead atoms. The summed E-state index contributed by atoms with van der Waals surface area (Å²) in [6.07, 6.45) is 0.190. The molecule has 0 unspecified atom stereocenters. The van der Waals surface area contributed by atoms with Crippen LogP contribution in [0.3, 0.4) is 0 Å². The van der Waals surface area contributed by atoms with E-state index in [-0.39, 0.29) is 11.3 Å². The molecule has 144 valence electrons. The van der Waals surface area contributed by atoms with Crippen molar-refractivity contribution < 1.29 is 24.2 Å². The van der Waals surface area contributed by atoms with Crippen molar-refractivity contribution in [2.24, 2.45) is 0 Å². The van der Waals surface area contributed by atoms with E-state index in [9.17, 15) is 14.9 Å². The van der Waals surface area contributed by atoms with Crippen LogP contribution in [-0.2, 0) is 9.59 Å². The number of nitrogens with zero attached hydrogens (tertiary/aromatic N) is 1. The van der Waals surface area contributed by atoms with Crippen LogP contribution in [0.4, 0.5) is 5.69 Å². The van der Waals surface area contributed by atoms with Crippen LogP contribution in [0.15, 0.2) is 48.0 Å². The van der Waals surface area contributed by atoms with Crippen LogP contribution in [0.5, 0.6) is 11.5 Å². The van der Waals surface area contributed by atoms with Gasteiger partial charge >= 0.3 is 5.97 Å². The van der Waals surface area contributed by atoms with Gasteiger partial charge in [-0.15, -0.1) is 0 Å². The van der Waals surface area contributed by atoms with E-state index in [1.165, 1.54) is 20.1 Å². The Bertz CT molecular complexity index is 960. The fourth-order valence-corrected chi connectivity index (χ4v) is 2.37. The summed E-state index contributed by atoms with van der Waals surface area (Å²) in [6, 6.07) is 13.9. The highest BCUT2D eigenvalue weighted by molar-refractivity contribution is 6.10. The predicted molar refractivity (Wildman–Crippen MR) is 104 cm³/mol. The number of anilines is 1. The SMILES string of the molecule is COc1cccc(/C=C(/C#N)C(=O)Nc2ccccc2C)c1O[C@H](C)C(=O)O. The Labute approximate surface area is 162 Å². The molecule has 1 atom stereocenters. The van der Waals surface area contributed by atoms with Gasteiger partial charge in [0.25, 0.3) is 5.91 Å². The monoisotopic (exact) mass is 380 g/mol. The molecule has 28 heavy (non-hydrogen) atoms. The first kappa shape index (κ1) is 20.5. The number of carbonyl (C=O) groups is 2. The molecular weight excluding hydrogens is 360 g/mol. The maximum Gasteiger partial charge on any atom is 0.344 e. The Morgan fingerprint density at radius 1 is 1.21 bits per heavy atom. The van der Waals surface area contributed by atoms with E-state index in [1.54, 1.807) is 30.3 Å². The largest absolute Gasteiger partial charge is 0.493 e. The van der Waals surface area contributed by atoms with Crippen molar-refractivity contribution in [2.75, 3.05) is 12.4 Å². The maximum absolute atomic E-state index is 12.5. The molecule has 2 rings (SSSR count). The van der Waals surface area contributed by atoms with E-state index in [0.29, 0.717) is 17.0 Å². The number of aliphatic carboxylic acids is 1. The molecule has 1 amide bonds. The molecule has 7 nitrogen and oxygen atoms in total. The summed E-state index contributed by atoms with van der Waals surface area (Å²) in [4.78, 5) is 23.7. The lowest BCUT2D eigenvalue weighted by atomic mass is 10.1. The van der Waals surface area contributed by atoms with E-state index < -0.39 is 18.0 Å². The van der Waals surface area contributed by atoms with Gasteiger partial charge in [-0.25, -0.2) is 4.79 Å². The molecule has 0 saturated carbocycles. The number of para-hydroxylation sites is 2. The lowest BCUT2D eigenvalue weighted by molar-refractivity contribution is -0.144. The van der Waals surface area contributed by atoms with Gasteiger partial charge in [0.1, 0.15) is 11.6 Å². The summed E-state index contributed by atoms with van der Waals surface area (Å²) in [5, 5.41) is 21.2. The number of carbonyl (C=O) groups excluding carboxylic acids is 1. The van der Waals surface area contributed by atoms with Gasteiger partial charge in [-0.2, -0.15) is 5.26 Å². The Morgan fingerprint density at radius 3 is 2.54 bits per heavy atom. The predicted octanol–water partition coefficient (Wildman–Crippen LogP) is 3.40. The molecule has 0 heterocycles. The highest BCUT2D eigenvalue weighted by Gasteiger charge is 2.19. The Morgan fingerprint density at radius 2 is 1.93 bits per heavy atom. The second kappa shape index (κ2) is 9.24. The quantitative estimate of drug-likeness (QED) is 0.563. The van der Waals surface area contributed by atoms with Crippen molar-refractivity contribution in [3.8, 4) is 17.6 Å². The van der Waals surface area contributed by atoms with Crippen molar-refractivity contribution in [1.29, 1.82) is 5.26 Å². The zero-order chi connectivity index (χ0) is 20.7. The third-order valence-electron chi connectivity index (χ3n) is 3.93. The number of nitriles is 1. The number of carboxylic acid groups (broad SMARTS) is 1. The van der Waals surface area contributed by atoms with Gasteiger partial charge in [-0.1, -0.05) is 30.3 Å². The first-order valence-electron chi connectivity index (χ1n) is 8.42. The topological polar surface area (TPSA) is 109 Å². The van der Waals surface area contributed by atoms with Crippen LogP contribution in [0.2, 0.25) is 0 Å². The van der Waals surface area contributed by atoms with E-state index in [2.05, 4.69) is 5.32 Å². The van der Waals surface area contributed by atoms with Crippen molar-refractivity contribution in [2.45, 2.75) is 20.0 Å². The second-order valence-corrected chi connectivity index (χ2v) is 5.92. The summed E-state index contributed by atoms with van der Waals surface area (Å²) in [6.45, 7) is 3.21. The third-order valence-corrected chi connectivity index (χ3v) is 3.93. The van der Waals surface area contributed by atoms with Gasteiger partial charge in [0.05, 0.1) is 7.11 Å². The Hall–Kier alpha value is -3.79. The maximum atomic E-state index is 12.5. The van der Waals surface area contributed by atoms with Gasteiger partial charge < -0.3 is 19.9 Å². The summed E-state index contributed by atoms with van der Waals surface area (Å²) in [5.41, 5.74) is 1.64. The van der Waals surface area contributed by atoms with Crippen LogP contribution in [-0.4, -0.2) is 30.2 Å². The fraction of sp³-hybridized carbons (Fsp3) is 0.190. The molecule has 7 heteroatoms. The third kappa shape index (κ3) is 4.89. The zero-order valence-electron chi connectivity index (χ0n) is 15.7. The van der Waals surface area contributed by atoms with Crippen molar-refractivity contribution in [3.63, 3.8) is 0 Å². The molecule has 0 aliphatic rings. The lowest BCUT2D eigenvalue weighted by Gasteiger charge is -2.16. The number of nitrogens with one attached hydrogen (secondary N) is 1. The molecule has 0 saturated heterocycles. The molecular formula is C21H20N2O5. The van der Waals surface area contributed by atoms with E-state index in [4.69, 9.17) is 14.6 Å². The van der Waals surface area contributed by atoms with Gasteiger partial charge in [-0.3, -0.25) is 4.79 Å². The van der Waals surface area contributed by atoms with Crippen LogP contribution < -0.4 is 14.8 Å². The molecule has 0 aliphatic heterocycles. The second-order valence-electron chi connectivity index (χ2n) is 5.92. The number of rotatable bonds is 7. The summed E-state index contributed by atoms with van der Waals surface area (Å²) < 4.78 is 10.7. The minimum absolute atomic E-state index is 0.136. The van der Waals surface area contributed by atoms with Gasteiger partial charge in [-0.05, 0) is 37.6 Å². The normalized spacial score (nSPS) is 11.9. The fourth-order valence-electron chi connectivity index (χ4n) is 2.37. The molecule has 0 spiro atoms. The lowest BCUT2D eigenvalue weighted by Crippen LogP contribution is -2.23. The first-order chi connectivity index (χ1) is 13.4. The number of hydrogen-bond acceptors (Lipinski definition) is 5. The van der Waals surface area contributed by atoms with Crippen LogP contribution in [0, 0.1) is 18.3 Å². The molecule has 2 aromatic rings. The number of ether oxygens (including phenoxy) is 2. The minimum Gasteiger partial charge on any atom is -0.493 e. The average molecular weight is 380 g/mol. The number of methoxy groups -OCH3 is 1. The number of aryl methyl sites for hydroxylation is 1. The van der Waals surface area contributed by atoms with Crippen LogP contribution in [0.25, 0.3) is 6.08 Å². The molecule has 2 N–H and O–H groups in total. The molecule has 0 aliphatic carbocycles. The van der Waals surface area contributed by atoms with E-state index >= 15 is 0 Å². The Kier molecular flexibility index (Phi) is 6.77. The number of hydrogen-bond donors (Lipinski definition) is 2. The van der Waals surface area contributed by atoms with Crippen LogP contribution in [0.1, 0.15) is 18.1 Å². The Balaban J connectivity index is 2.40. The summed E-state index contributed by atoms with van der Waals surface area (Å²) in [7, 11) is 1.41. The average Bonchev–Trinajstić information content (AvgIpc) is 2.68. The number of benzene rings is 2. The van der Waals surface area contributed by atoms with Gasteiger partial charge in [0.15, 0.2) is 17.6 Å². The number of carboxylic acids is 1. The van der Waals surface area contributed by atoms with Gasteiger partial charge in [0.2, 0.25) is 0 Å². The zero-order valence-corrected chi connectivity index (χ0v) is 15.7. The minimum atomic E-state index is -1.15. The summed E-state index contributed by atoms with van der Waals surface area (Å²) >= 11 is 0. The molecule has 0 radical (unpaired) electrons. The smallest absolute Gasteiger partial charge is 0.344 e. The summed E-state index contributed by atoms with van der Waals surface area (Å²) in [5.74, 6) is -1.31. The molecule has 0 fully saturated rings. The highest BCUT2D eigenvalue weighted by Crippen LogP contribution is 2.33. The molecule has 0 aromatic heterocycles. The van der Waals surface area contributed by atoms with Crippen molar-refractivity contribution in [1.82, 2.24) is 0 Å². The van der Waals surface area contributed by atoms with E-state index in [0.717, 1.165) is 5.56 Å². The first-order valence-corrected chi connectivity index (χ1v) is 8.42.